The zero-order valence-electron chi connectivity index (χ0n) is 14.6. The highest BCUT2D eigenvalue weighted by Gasteiger charge is 2.16. The quantitative estimate of drug-likeness (QED) is 0.790. The number of carbonyl (C=O) groups is 2. The van der Waals surface area contributed by atoms with Crippen LogP contribution in [0.4, 0.5) is 10.5 Å². The number of benzene rings is 1. The highest BCUT2D eigenvalue weighted by Crippen LogP contribution is 2.12. The molecule has 1 aromatic rings. The minimum atomic E-state index is -0.545. The third-order valence-electron chi connectivity index (χ3n) is 2.94. The zero-order valence-corrected chi connectivity index (χ0v) is 14.6. The molecule has 0 aliphatic heterocycles. The summed E-state index contributed by atoms with van der Waals surface area (Å²) in [4.78, 5) is 23.5. The Hall–Kier alpha value is -2.24. The van der Waals surface area contributed by atoms with Crippen LogP contribution in [-0.4, -0.2) is 30.7 Å². The predicted octanol–water partition coefficient (Wildman–Crippen LogP) is 2.77. The van der Waals surface area contributed by atoms with Crippen LogP contribution in [0.2, 0.25) is 0 Å². The number of alkyl carbamates (subject to hydrolysis) is 1. The van der Waals surface area contributed by atoms with Crippen LogP contribution in [0.1, 0.15) is 39.7 Å². The Morgan fingerprint density at radius 2 is 1.78 bits per heavy atom. The molecule has 0 fully saturated rings. The fourth-order valence-electron chi connectivity index (χ4n) is 1.85. The summed E-state index contributed by atoms with van der Waals surface area (Å²) in [6, 6.07) is 7.90. The van der Waals surface area contributed by atoms with E-state index in [1.807, 2.05) is 38.1 Å². The van der Waals surface area contributed by atoms with Gasteiger partial charge in [-0.25, -0.2) is 4.79 Å². The molecular formula is C17H27N3O3. The number of ether oxygens (including phenoxy) is 1. The molecule has 2 N–H and O–H groups in total. The van der Waals surface area contributed by atoms with Crippen molar-refractivity contribution in [1.29, 1.82) is 0 Å². The average molecular weight is 321 g/mol. The fraction of sp³-hybridized carbons (Fsp3) is 0.529. The van der Waals surface area contributed by atoms with Crippen molar-refractivity contribution >= 4 is 17.7 Å². The topological polar surface area (TPSA) is 70.7 Å². The van der Waals surface area contributed by atoms with E-state index in [2.05, 4.69) is 10.7 Å². The summed E-state index contributed by atoms with van der Waals surface area (Å²) < 4.78 is 5.11. The smallest absolute Gasteiger partial charge is 0.407 e. The van der Waals surface area contributed by atoms with Gasteiger partial charge in [-0.2, -0.15) is 0 Å². The minimum Gasteiger partial charge on any atom is -0.444 e. The maximum atomic E-state index is 12.0. The molecule has 2 amide bonds. The lowest BCUT2D eigenvalue weighted by molar-refractivity contribution is -0.121. The number of hydrogen-bond acceptors (Lipinski definition) is 4. The molecule has 1 aromatic carbocycles. The number of nitrogens with one attached hydrogen (secondary N) is 2. The van der Waals surface area contributed by atoms with Gasteiger partial charge in [0.15, 0.2) is 0 Å². The van der Waals surface area contributed by atoms with E-state index < -0.39 is 11.7 Å². The van der Waals surface area contributed by atoms with Crippen molar-refractivity contribution in [2.45, 2.75) is 46.6 Å². The maximum absolute atomic E-state index is 12.0. The second-order valence-corrected chi connectivity index (χ2v) is 6.29. The van der Waals surface area contributed by atoms with Crippen molar-refractivity contribution in [1.82, 2.24) is 10.7 Å². The first kappa shape index (κ1) is 18.8. The number of hydrazine groups is 1. The van der Waals surface area contributed by atoms with Crippen LogP contribution in [0.15, 0.2) is 24.3 Å². The van der Waals surface area contributed by atoms with Gasteiger partial charge < -0.3 is 10.1 Å². The Morgan fingerprint density at radius 1 is 1.17 bits per heavy atom. The first-order chi connectivity index (χ1) is 10.7. The highest BCUT2D eigenvalue weighted by molar-refractivity contribution is 5.78. The second kappa shape index (κ2) is 8.41. The van der Waals surface area contributed by atoms with Gasteiger partial charge in [0.25, 0.3) is 0 Å². The molecule has 1 rings (SSSR count). The molecule has 6 heteroatoms. The standard InChI is InChI=1S/C17H27N3O3/c1-6-20(14-9-7-13(2)8-10-14)19-15(21)11-12-18-16(22)23-17(3,4)5/h7-10H,6,11-12H2,1-5H3,(H,18,22)(H,19,21). The van der Waals surface area contributed by atoms with Crippen LogP contribution in [0.5, 0.6) is 0 Å². The summed E-state index contributed by atoms with van der Waals surface area (Å²) >= 11 is 0. The lowest BCUT2D eigenvalue weighted by atomic mass is 10.2. The third-order valence-corrected chi connectivity index (χ3v) is 2.94. The van der Waals surface area contributed by atoms with Gasteiger partial charge in [-0.3, -0.25) is 15.2 Å². The number of carbonyl (C=O) groups excluding carboxylic acids is 2. The normalized spacial score (nSPS) is 10.8. The third kappa shape index (κ3) is 7.54. The number of nitrogens with zero attached hydrogens (tertiary/aromatic N) is 1. The molecule has 0 bridgehead atoms. The van der Waals surface area contributed by atoms with Crippen LogP contribution < -0.4 is 15.8 Å². The highest BCUT2D eigenvalue weighted by atomic mass is 16.6. The Morgan fingerprint density at radius 3 is 2.30 bits per heavy atom. The predicted molar refractivity (Wildman–Crippen MR) is 91.2 cm³/mol. The van der Waals surface area contributed by atoms with Gasteiger partial charge in [0.2, 0.25) is 5.91 Å². The van der Waals surface area contributed by atoms with Crippen molar-refractivity contribution in [3.63, 3.8) is 0 Å². The van der Waals surface area contributed by atoms with E-state index in [-0.39, 0.29) is 18.9 Å². The van der Waals surface area contributed by atoms with Crippen molar-refractivity contribution < 1.29 is 14.3 Å². The largest absolute Gasteiger partial charge is 0.444 e. The van der Waals surface area contributed by atoms with E-state index in [1.165, 1.54) is 0 Å². The zero-order chi connectivity index (χ0) is 17.5. The molecule has 0 heterocycles. The molecular weight excluding hydrogens is 294 g/mol. The fourth-order valence-corrected chi connectivity index (χ4v) is 1.85. The van der Waals surface area contributed by atoms with Crippen LogP contribution in [-0.2, 0) is 9.53 Å². The Balaban J connectivity index is 2.40. The first-order valence-electron chi connectivity index (χ1n) is 7.82. The molecule has 0 saturated carbocycles. The van der Waals surface area contributed by atoms with Crippen LogP contribution in [0, 0.1) is 6.92 Å². The van der Waals surface area contributed by atoms with Gasteiger partial charge in [-0.05, 0) is 46.8 Å². The Bertz CT molecular complexity index is 521. The van der Waals surface area contributed by atoms with Crippen LogP contribution >= 0.6 is 0 Å². The van der Waals surface area contributed by atoms with Crippen LogP contribution in [0.3, 0.4) is 0 Å². The van der Waals surface area contributed by atoms with Gasteiger partial charge in [0, 0.05) is 19.5 Å². The molecule has 0 aromatic heterocycles. The SMILES string of the molecule is CCN(NC(=O)CCNC(=O)OC(C)(C)C)c1ccc(C)cc1. The molecule has 128 valence electrons. The van der Waals surface area contributed by atoms with Crippen LogP contribution in [0.25, 0.3) is 0 Å². The number of amides is 2. The summed E-state index contributed by atoms with van der Waals surface area (Å²) in [5.74, 6) is -0.163. The molecule has 0 spiro atoms. The maximum Gasteiger partial charge on any atom is 0.407 e. The monoisotopic (exact) mass is 321 g/mol. The summed E-state index contributed by atoms with van der Waals surface area (Å²) in [5.41, 5.74) is 4.37. The second-order valence-electron chi connectivity index (χ2n) is 6.29. The van der Waals surface area contributed by atoms with Crippen molar-refractivity contribution in [3.8, 4) is 0 Å². The molecule has 0 unspecified atom stereocenters. The van der Waals surface area contributed by atoms with E-state index in [9.17, 15) is 9.59 Å². The summed E-state index contributed by atoms with van der Waals surface area (Å²) in [5, 5.41) is 4.34. The molecule has 0 aliphatic carbocycles. The van der Waals surface area contributed by atoms with E-state index >= 15 is 0 Å². The Labute approximate surface area is 138 Å². The molecule has 0 aliphatic rings. The number of aryl methyl sites for hydroxylation is 1. The minimum absolute atomic E-state index is 0.163. The van der Waals surface area contributed by atoms with Crippen molar-refractivity contribution in [2.24, 2.45) is 0 Å². The van der Waals surface area contributed by atoms with Crippen molar-refractivity contribution in [2.75, 3.05) is 18.1 Å². The molecule has 23 heavy (non-hydrogen) atoms. The summed E-state index contributed by atoms with van der Waals surface area (Å²) in [6.07, 6.45) is -0.335. The van der Waals surface area contributed by atoms with Gasteiger partial charge >= 0.3 is 6.09 Å². The average Bonchev–Trinajstić information content (AvgIpc) is 2.44. The molecule has 0 saturated heterocycles. The van der Waals surface area contributed by atoms with Gasteiger partial charge in [0.05, 0.1) is 5.69 Å². The molecule has 0 radical (unpaired) electrons. The van der Waals surface area contributed by atoms with Crippen molar-refractivity contribution in [3.05, 3.63) is 29.8 Å². The lowest BCUT2D eigenvalue weighted by Crippen LogP contribution is -2.43. The molecule has 0 atom stereocenters. The number of rotatable bonds is 6. The number of hydrogen-bond donors (Lipinski definition) is 2. The van der Waals surface area contributed by atoms with E-state index in [0.29, 0.717) is 6.54 Å². The Kier molecular flexibility index (Phi) is 6.88. The first-order valence-corrected chi connectivity index (χ1v) is 7.82. The van der Waals surface area contributed by atoms with E-state index in [1.54, 1.807) is 25.8 Å². The van der Waals surface area contributed by atoms with E-state index in [4.69, 9.17) is 4.74 Å². The van der Waals surface area contributed by atoms with Gasteiger partial charge in [0.1, 0.15) is 5.60 Å². The molecule has 6 nitrogen and oxygen atoms in total. The summed E-state index contributed by atoms with van der Waals surface area (Å²) in [6.45, 7) is 10.2. The van der Waals surface area contributed by atoms with Gasteiger partial charge in [-0.15, -0.1) is 0 Å². The summed E-state index contributed by atoms with van der Waals surface area (Å²) in [7, 11) is 0. The lowest BCUT2D eigenvalue weighted by Gasteiger charge is -2.24. The van der Waals surface area contributed by atoms with E-state index in [0.717, 1.165) is 11.3 Å². The number of anilines is 1. The van der Waals surface area contributed by atoms with Gasteiger partial charge in [-0.1, -0.05) is 17.7 Å².